The van der Waals surface area contributed by atoms with Crippen LogP contribution in [0.1, 0.15) is 6.42 Å². The predicted molar refractivity (Wildman–Crippen MR) is 58.1 cm³/mol. The van der Waals surface area contributed by atoms with E-state index in [4.69, 9.17) is 4.74 Å². The van der Waals surface area contributed by atoms with Gasteiger partial charge in [0, 0.05) is 6.42 Å². The van der Waals surface area contributed by atoms with E-state index in [2.05, 4.69) is 36.4 Å². The van der Waals surface area contributed by atoms with Crippen LogP contribution in [-0.4, -0.2) is 16.1 Å². The van der Waals surface area contributed by atoms with Crippen LogP contribution in [0, 0.1) is 0 Å². The average Bonchev–Trinajstić information content (AvgIpc) is 2.69. The van der Waals surface area contributed by atoms with E-state index in [1.807, 2.05) is 0 Å². The molecule has 0 N–H and O–H groups in total. The molecule has 1 heterocycles. The molecule has 0 aliphatic carbocycles. The van der Waals surface area contributed by atoms with Crippen molar-refractivity contribution in [1.82, 2.24) is 0 Å². The third kappa shape index (κ3) is 2.46. The average molecular weight is 190 g/mol. The monoisotopic (exact) mass is 190 g/mol. The number of benzene rings is 1. The van der Waals surface area contributed by atoms with E-state index in [1.54, 1.807) is 0 Å². The van der Waals surface area contributed by atoms with Gasteiger partial charge in [0.2, 0.25) is 0 Å². The highest BCUT2D eigenvalue weighted by Gasteiger charge is 2.05. The fourth-order valence-electron chi connectivity index (χ4n) is 1.56. The van der Waals surface area contributed by atoms with Crippen LogP contribution < -0.4 is 5.19 Å². The van der Waals surface area contributed by atoms with Crippen LogP contribution in [0.15, 0.2) is 42.2 Å². The zero-order valence-electron chi connectivity index (χ0n) is 7.70. The van der Waals surface area contributed by atoms with E-state index in [0.29, 0.717) is 0 Å². The minimum absolute atomic E-state index is 0.134. The fraction of sp³-hybridized carbons (Fsp3) is 0.273. The van der Waals surface area contributed by atoms with Gasteiger partial charge >= 0.3 is 0 Å². The largest absolute Gasteiger partial charge is 0.498 e. The molecule has 0 spiro atoms. The number of rotatable bonds is 3. The van der Waals surface area contributed by atoms with Gasteiger partial charge < -0.3 is 4.74 Å². The molecule has 68 valence electrons. The Labute approximate surface area is 81.2 Å². The lowest BCUT2D eigenvalue weighted by atomic mass is 10.4. The second-order valence-corrected chi connectivity index (χ2v) is 5.11. The van der Waals surface area contributed by atoms with Crippen molar-refractivity contribution in [2.24, 2.45) is 0 Å². The van der Waals surface area contributed by atoms with Gasteiger partial charge in [-0.25, -0.2) is 0 Å². The summed E-state index contributed by atoms with van der Waals surface area (Å²) in [5.41, 5.74) is 0. The Morgan fingerprint density at radius 1 is 1.23 bits per heavy atom. The van der Waals surface area contributed by atoms with E-state index in [9.17, 15) is 0 Å². The van der Waals surface area contributed by atoms with Crippen LogP contribution in [0.4, 0.5) is 0 Å². The first-order valence-electron chi connectivity index (χ1n) is 4.81. The quantitative estimate of drug-likeness (QED) is 0.651. The molecule has 0 atom stereocenters. The van der Waals surface area contributed by atoms with Crippen LogP contribution in [-0.2, 0) is 4.74 Å². The highest BCUT2D eigenvalue weighted by molar-refractivity contribution is 6.53. The van der Waals surface area contributed by atoms with Crippen LogP contribution in [0.2, 0.25) is 6.04 Å². The maximum absolute atomic E-state index is 5.47. The maximum atomic E-state index is 5.47. The van der Waals surface area contributed by atoms with Crippen molar-refractivity contribution in [3.8, 4) is 0 Å². The SMILES string of the molecule is C1=C(C[SiH2]c2ccccc2)OCC1. The first-order valence-corrected chi connectivity index (χ1v) is 6.51. The number of hydrogen-bond donors (Lipinski definition) is 0. The summed E-state index contributed by atoms with van der Waals surface area (Å²) >= 11 is 0. The second kappa shape index (κ2) is 4.28. The number of allylic oxidation sites excluding steroid dienone is 1. The summed E-state index contributed by atoms with van der Waals surface area (Å²) in [5.74, 6) is 1.23. The summed E-state index contributed by atoms with van der Waals surface area (Å²) in [4.78, 5) is 0. The van der Waals surface area contributed by atoms with Gasteiger partial charge in [-0.15, -0.1) is 0 Å². The van der Waals surface area contributed by atoms with Crippen LogP contribution >= 0.6 is 0 Å². The van der Waals surface area contributed by atoms with Gasteiger partial charge in [-0.2, -0.15) is 0 Å². The highest BCUT2D eigenvalue weighted by atomic mass is 28.2. The van der Waals surface area contributed by atoms with Gasteiger partial charge in [0.15, 0.2) is 0 Å². The topological polar surface area (TPSA) is 9.23 Å². The number of hydrogen-bond acceptors (Lipinski definition) is 1. The van der Waals surface area contributed by atoms with Gasteiger partial charge in [0.05, 0.1) is 21.9 Å². The van der Waals surface area contributed by atoms with E-state index in [-0.39, 0.29) is 9.52 Å². The zero-order chi connectivity index (χ0) is 8.93. The second-order valence-electron chi connectivity index (χ2n) is 3.29. The lowest BCUT2D eigenvalue weighted by Crippen LogP contribution is -2.13. The Morgan fingerprint density at radius 2 is 2.08 bits per heavy atom. The third-order valence-corrected chi connectivity index (χ3v) is 4.07. The molecule has 2 rings (SSSR count). The predicted octanol–water partition coefficient (Wildman–Crippen LogP) is 1.20. The van der Waals surface area contributed by atoms with E-state index in [1.165, 1.54) is 17.0 Å². The molecule has 0 fully saturated rings. The Kier molecular flexibility index (Phi) is 2.82. The molecule has 0 saturated heterocycles. The normalized spacial score (nSPS) is 16.2. The number of ether oxygens (including phenoxy) is 1. The van der Waals surface area contributed by atoms with Crippen molar-refractivity contribution in [1.29, 1.82) is 0 Å². The van der Waals surface area contributed by atoms with Crippen molar-refractivity contribution < 1.29 is 4.74 Å². The molecule has 1 aromatic carbocycles. The molecule has 1 aliphatic heterocycles. The molecule has 13 heavy (non-hydrogen) atoms. The van der Waals surface area contributed by atoms with E-state index < -0.39 is 0 Å². The summed E-state index contributed by atoms with van der Waals surface area (Å²) in [6.45, 7) is 0.901. The lowest BCUT2D eigenvalue weighted by molar-refractivity contribution is 0.246. The molecule has 0 unspecified atom stereocenters. The van der Waals surface area contributed by atoms with Crippen LogP contribution in [0.5, 0.6) is 0 Å². The van der Waals surface area contributed by atoms with Crippen molar-refractivity contribution in [2.75, 3.05) is 6.61 Å². The Morgan fingerprint density at radius 3 is 2.77 bits per heavy atom. The summed E-state index contributed by atoms with van der Waals surface area (Å²) < 4.78 is 5.47. The van der Waals surface area contributed by atoms with Gasteiger partial charge in [0.25, 0.3) is 0 Å². The van der Waals surface area contributed by atoms with Crippen LogP contribution in [0.25, 0.3) is 0 Å². The smallest absolute Gasteiger partial charge is 0.0912 e. The molecule has 0 amide bonds. The third-order valence-electron chi connectivity index (χ3n) is 2.28. The molecule has 2 heteroatoms. The zero-order valence-corrected chi connectivity index (χ0v) is 9.11. The van der Waals surface area contributed by atoms with Crippen molar-refractivity contribution in [3.63, 3.8) is 0 Å². The minimum atomic E-state index is -0.134. The van der Waals surface area contributed by atoms with Gasteiger partial charge in [-0.3, -0.25) is 0 Å². The molecule has 0 aromatic heterocycles. The Bertz CT molecular complexity index is 292. The molecule has 1 aliphatic rings. The molecule has 0 bridgehead atoms. The fourth-order valence-corrected chi connectivity index (χ4v) is 3.04. The minimum Gasteiger partial charge on any atom is -0.498 e. The Balaban J connectivity index is 1.86. The standard InChI is InChI=1S/C11H14OSi/c1-2-6-11(7-3-1)13-9-10-5-4-8-12-10/h1-3,5-7H,4,8-9,13H2. The first-order chi connectivity index (χ1) is 6.45. The van der Waals surface area contributed by atoms with Crippen molar-refractivity contribution >= 4 is 14.7 Å². The Hall–Kier alpha value is -1.02. The summed E-state index contributed by atoms with van der Waals surface area (Å²) in [7, 11) is -0.134. The van der Waals surface area contributed by atoms with E-state index >= 15 is 0 Å². The first kappa shape index (κ1) is 8.57. The summed E-state index contributed by atoms with van der Waals surface area (Å²) in [6, 6.07) is 11.9. The van der Waals surface area contributed by atoms with E-state index in [0.717, 1.165) is 13.0 Å². The molecule has 0 saturated carbocycles. The molecule has 1 nitrogen and oxygen atoms in total. The maximum Gasteiger partial charge on any atom is 0.0912 e. The van der Waals surface area contributed by atoms with Gasteiger partial charge in [-0.1, -0.05) is 35.5 Å². The summed E-state index contributed by atoms with van der Waals surface area (Å²) in [5, 5.41) is 1.53. The van der Waals surface area contributed by atoms with Crippen molar-refractivity contribution in [2.45, 2.75) is 12.5 Å². The molecular weight excluding hydrogens is 176 g/mol. The summed E-state index contributed by atoms with van der Waals surface area (Å²) in [6.07, 6.45) is 3.34. The molecule has 1 aromatic rings. The van der Waals surface area contributed by atoms with Crippen LogP contribution in [0.3, 0.4) is 0 Å². The molecular formula is C11H14OSi. The van der Waals surface area contributed by atoms with Gasteiger partial charge in [0.1, 0.15) is 0 Å². The lowest BCUT2D eigenvalue weighted by Gasteiger charge is -2.02. The van der Waals surface area contributed by atoms with Crippen molar-refractivity contribution in [3.05, 3.63) is 42.2 Å². The molecule has 0 radical (unpaired) electrons. The highest BCUT2D eigenvalue weighted by Crippen LogP contribution is 2.12. The van der Waals surface area contributed by atoms with Gasteiger partial charge in [-0.05, 0) is 12.1 Å².